The summed E-state index contributed by atoms with van der Waals surface area (Å²) >= 11 is 10.5. The summed E-state index contributed by atoms with van der Waals surface area (Å²) in [5.74, 6) is 0.420. The normalized spacial score (nSPS) is 11.1. The molecule has 4 rings (SSSR count). The first kappa shape index (κ1) is 22.7. The quantitative estimate of drug-likeness (QED) is 0.180. The number of nitrogens with one attached hydrogen (secondary N) is 1. The highest BCUT2D eigenvalue weighted by molar-refractivity contribution is 9.11. The summed E-state index contributed by atoms with van der Waals surface area (Å²) in [5, 5.41) is 6.42. The highest BCUT2D eigenvalue weighted by Crippen LogP contribution is 2.35. The standard InChI is InChI=1S/C25H17Br3N2O2/c26-20-9-4-7-18(13-20)25(31)30-29-14-16-11-22(27)24(23(28)12-16)32-15-19-8-3-6-17-5-1-2-10-21(17)19/h1-14H,15H2,(H,30,31)/b29-14-. The van der Waals surface area contributed by atoms with Crippen LogP contribution in [0.25, 0.3) is 10.8 Å². The zero-order chi connectivity index (χ0) is 22.5. The molecule has 4 aromatic carbocycles. The first-order valence-electron chi connectivity index (χ1n) is 9.69. The molecule has 0 spiro atoms. The number of ether oxygens (including phenoxy) is 1. The molecule has 4 aromatic rings. The summed E-state index contributed by atoms with van der Waals surface area (Å²) in [4.78, 5) is 12.2. The second kappa shape index (κ2) is 10.4. The van der Waals surface area contributed by atoms with Crippen LogP contribution in [0, 0.1) is 0 Å². The third-order valence-corrected chi connectivity index (χ3v) is 6.41. The highest BCUT2D eigenvalue weighted by atomic mass is 79.9. The number of fused-ring (bicyclic) bond motifs is 1. The number of carbonyl (C=O) groups is 1. The van der Waals surface area contributed by atoms with Crippen molar-refractivity contribution in [2.45, 2.75) is 6.61 Å². The molecule has 0 aliphatic heterocycles. The lowest BCUT2D eigenvalue weighted by Gasteiger charge is -2.13. The first-order chi connectivity index (χ1) is 15.5. The maximum absolute atomic E-state index is 12.2. The number of amides is 1. The molecule has 160 valence electrons. The molecule has 0 aromatic heterocycles. The van der Waals surface area contributed by atoms with Crippen molar-refractivity contribution in [3.63, 3.8) is 0 Å². The fourth-order valence-corrected chi connectivity index (χ4v) is 5.07. The molecule has 0 unspecified atom stereocenters. The van der Waals surface area contributed by atoms with E-state index in [4.69, 9.17) is 4.74 Å². The smallest absolute Gasteiger partial charge is 0.271 e. The first-order valence-corrected chi connectivity index (χ1v) is 12.1. The average Bonchev–Trinajstić information content (AvgIpc) is 2.78. The highest BCUT2D eigenvalue weighted by Gasteiger charge is 2.10. The lowest BCUT2D eigenvalue weighted by molar-refractivity contribution is 0.0955. The Hall–Kier alpha value is -2.48. The molecule has 0 saturated carbocycles. The Morgan fingerprint density at radius 2 is 1.62 bits per heavy atom. The van der Waals surface area contributed by atoms with E-state index in [0.29, 0.717) is 17.9 Å². The van der Waals surface area contributed by atoms with E-state index in [2.05, 4.69) is 82.6 Å². The Morgan fingerprint density at radius 3 is 2.41 bits per heavy atom. The van der Waals surface area contributed by atoms with Crippen molar-refractivity contribution in [3.8, 4) is 5.75 Å². The van der Waals surface area contributed by atoms with Crippen LogP contribution >= 0.6 is 47.8 Å². The fraction of sp³-hybridized carbons (Fsp3) is 0.0400. The molecule has 7 heteroatoms. The van der Waals surface area contributed by atoms with Gasteiger partial charge in [0.25, 0.3) is 5.91 Å². The van der Waals surface area contributed by atoms with Crippen molar-refractivity contribution >= 4 is 70.7 Å². The Morgan fingerprint density at radius 1 is 0.906 bits per heavy atom. The van der Waals surface area contributed by atoms with Gasteiger partial charge in [-0.1, -0.05) is 64.5 Å². The van der Waals surface area contributed by atoms with Crippen molar-refractivity contribution < 1.29 is 9.53 Å². The van der Waals surface area contributed by atoms with Gasteiger partial charge in [-0.15, -0.1) is 0 Å². The van der Waals surface area contributed by atoms with Gasteiger partial charge in [0.05, 0.1) is 15.2 Å². The number of hydrogen-bond acceptors (Lipinski definition) is 3. The van der Waals surface area contributed by atoms with Crippen LogP contribution in [0.4, 0.5) is 0 Å². The van der Waals surface area contributed by atoms with Crippen molar-refractivity contribution in [2.75, 3.05) is 0 Å². The van der Waals surface area contributed by atoms with Gasteiger partial charge in [-0.25, -0.2) is 5.43 Å². The SMILES string of the molecule is O=C(N/N=C\c1cc(Br)c(OCc2cccc3ccccc23)c(Br)c1)c1cccc(Br)c1. The minimum Gasteiger partial charge on any atom is -0.487 e. The maximum atomic E-state index is 12.2. The molecular weight excluding hydrogens is 600 g/mol. The van der Waals surface area contributed by atoms with Gasteiger partial charge in [-0.3, -0.25) is 4.79 Å². The maximum Gasteiger partial charge on any atom is 0.271 e. The number of carbonyl (C=O) groups excluding carboxylic acids is 1. The summed E-state index contributed by atoms with van der Waals surface area (Å²) in [6, 6.07) is 25.3. The lowest BCUT2D eigenvalue weighted by atomic mass is 10.1. The number of hydrogen-bond donors (Lipinski definition) is 1. The Balaban J connectivity index is 1.45. The lowest BCUT2D eigenvalue weighted by Crippen LogP contribution is -2.17. The average molecular weight is 617 g/mol. The minimum absolute atomic E-state index is 0.282. The van der Waals surface area contributed by atoms with Gasteiger partial charge < -0.3 is 4.74 Å². The summed E-state index contributed by atoms with van der Waals surface area (Å²) in [6.45, 7) is 0.439. The molecule has 4 nitrogen and oxygen atoms in total. The molecule has 0 radical (unpaired) electrons. The number of halogens is 3. The Labute approximate surface area is 211 Å². The minimum atomic E-state index is -0.282. The second-order valence-electron chi connectivity index (χ2n) is 6.95. The zero-order valence-corrected chi connectivity index (χ0v) is 21.4. The van der Waals surface area contributed by atoms with E-state index in [9.17, 15) is 4.79 Å². The molecule has 32 heavy (non-hydrogen) atoms. The van der Waals surface area contributed by atoms with Crippen LogP contribution in [-0.2, 0) is 6.61 Å². The number of benzene rings is 4. The van der Waals surface area contributed by atoms with Crippen LogP contribution in [0.5, 0.6) is 5.75 Å². The summed E-state index contributed by atoms with van der Waals surface area (Å²) in [5.41, 5.74) is 4.98. The van der Waals surface area contributed by atoms with Crippen LogP contribution in [0.15, 0.2) is 97.4 Å². The van der Waals surface area contributed by atoms with Crippen molar-refractivity contribution in [1.29, 1.82) is 0 Å². The third kappa shape index (κ3) is 5.46. The van der Waals surface area contributed by atoms with E-state index in [1.165, 1.54) is 10.8 Å². The van der Waals surface area contributed by atoms with Gasteiger partial charge in [-0.2, -0.15) is 5.10 Å². The molecule has 0 fully saturated rings. The van der Waals surface area contributed by atoms with E-state index in [1.54, 1.807) is 24.4 Å². The summed E-state index contributed by atoms with van der Waals surface area (Å²) < 4.78 is 8.52. The third-order valence-electron chi connectivity index (χ3n) is 4.74. The van der Waals surface area contributed by atoms with E-state index in [0.717, 1.165) is 24.5 Å². The molecule has 0 atom stereocenters. The molecular formula is C25H17Br3N2O2. The summed E-state index contributed by atoms with van der Waals surface area (Å²) in [6.07, 6.45) is 1.58. The van der Waals surface area contributed by atoms with Crippen molar-refractivity contribution in [2.24, 2.45) is 5.10 Å². The van der Waals surface area contributed by atoms with E-state index >= 15 is 0 Å². The monoisotopic (exact) mass is 614 g/mol. The number of rotatable bonds is 6. The van der Waals surface area contributed by atoms with E-state index in [1.807, 2.05) is 36.4 Å². The molecule has 0 heterocycles. The molecule has 0 aliphatic rings. The van der Waals surface area contributed by atoms with Crippen LogP contribution in [-0.4, -0.2) is 12.1 Å². The topological polar surface area (TPSA) is 50.7 Å². The van der Waals surface area contributed by atoms with E-state index in [-0.39, 0.29) is 5.91 Å². The number of hydrazone groups is 1. The molecule has 0 bridgehead atoms. The van der Waals surface area contributed by atoms with Gasteiger partial charge in [0, 0.05) is 10.0 Å². The second-order valence-corrected chi connectivity index (χ2v) is 9.57. The van der Waals surface area contributed by atoms with E-state index < -0.39 is 0 Å². The van der Waals surface area contributed by atoms with Crippen LogP contribution in [0.3, 0.4) is 0 Å². The van der Waals surface area contributed by atoms with Crippen molar-refractivity contribution in [3.05, 3.63) is 109 Å². The largest absolute Gasteiger partial charge is 0.487 e. The van der Waals surface area contributed by atoms with Gasteiger partial charge >= 0.3 is 0 Å². The van der Waals surface area contributed by atoms with Gasteiger partial charge in [-0.05, 0) is 84.1 Å². The molecule has 1 N–H and O–H groups in total. The van der Waals surface area contributed by atoms with Gasteiger partial charge in [0.2, 0.25) is 0 Å². The van der Waals surface area contributed by atoms with Crippen LogP contribution in [0.1, 0.15) is 21.5 Å². The predicted octanol–water partition coefficient (Wildman–Crippen LogP) is 7.47. The Bertz CT molecular complexity index is 1290. The van der Waals surface area contributed by atoms with Crippen LogP contribution in [0.2, 0.25) is 0 Å². The number of nitrogens with zero attached hydrogens (tertiary/aromatic N) is 1. The Kier molecular flexibility index (Phi) is 7.40. The van der Waals surface area contributed by atoms with Gasteiger partial charge in [0.15, 0.2) is 0 Å². The molecule has 0 saturated heterocycles. The molecule has 1 amide bonds. The van der Waals surface area contributed by atoms with Crippen molar-refractivity contribution in [1.82, 2.24) is 5.43 Å². The van der Waals surface area contributed by atoms with Gasteiger partial charge in [0.1, 0.15) is 12.4 Å². The predicted molar refractivity (Wildman–Crippen MR) is 139 cm³/mol. The fourth-order valence-electron chi connectivity index (χ4n) is 3.22. The molecule has 0 aliphatic carbocycles. The van der Waals surface area contributed by atoms with Crippen LogP contribution < -0.4 is 10.2 Å². The summed E-state index contributed by atoms with van der Waals surface area (Å²) in [7, 11) is 0. The zero-order valence-electron chi connectivity index (χ0n) is 16.7.